The Morgan fingerprint density at radius 1 is 1.30 bits per heavy atom. The lowest BCUT2D eigenvalue weighted by atomic mass is 9.94. The van der Waals surface area contributed by atoms with Crippen molar-refractivity contribution in [3.05, 3.63) is 18.1 Å². The Kier molecular flexibility index (Phi) is 5.07. The number of rotatable bonds is 5. The van der Waals surface area contributed by atoms with Gasteiger partial charge in [-0.1, -0.05) is 0 Å². The summed E-state index contributed by atoms with van der Waals surface area (Å²) in [6.07, 6.45) is 5.22. The summed E-state index contributed by atoms with van der Waals surface area (Å²) < 4.78 is 10.2. The molecule has 0 saturated carbocycles. The Balaban J connectivity index is 1.57. The second kappa shape index (κ2) is 7.23. The van der Waals surface area contributed by atoms with Gasteiger partial charge in [0, 0.05) is 19.6 Å². The van der Waals surface area contributed by atoms with Crippen LogP contribution in [0.1, 0.15) is 31.4 Å². The van der Waals surface area contributed by atoms with E-state index in [2.05, 4.69) is 14.9 Å². The van der Waals surface area contributed by atoms with Crippen LogP contribution in [0.25, 0.3) is 0 Å². The number of cyclic esters (lactones) is 1. The Labute approximate surface area is 136 Å². The average Bonchev–Trinajstić information content (AvgIpc) is 2.92. The molecule has 23 heavy (non-hydrogen) atoms. The normalized spacial score (nSPS) is 23.3. The molecule has 1 aromatic heterocycles. The summed E-state index contributed by atoms with van der Waals surface area (Å²) in [7, 11) is 1.74. The van der Waals surface area contributed by atoms with Crippen molar-refractivity contribution in [1.29, 1.82) is 0 Å². The predicted molar refractivity (Wildman–Crippen MR) is 85.6 cm³/mol. The smallest absolute Gasteiger partial charge is 0.415 e. The van der Waals surface area contributed by atoms with E-state index in [0.717, 1.165) is 44.8 Å². The van der Waals surface area contributed by atoms with E-state index >= 15 is 0 Å². The van der Waals surface area contributed by atoms with E-state index in [0.29, 0.717) is 18.3 Å². The standard InChI is InChI=1S/C16H24N4O3/c1-12-11-20(16(21)23-12)15-10-17-14(9-18-15)13-3-5-19(6-4-13)7-8-22-2/h9-10,12-13H,3-8,11H2,1-2H3/t12-/m0/s1. The number of carbonyl (C=O) groups is 1. The number of piperidine rings is 1. The fraction of sp³-hybridized carbons (Fsp3) is 0.688. The molecule has 0 aliphatic carbocycles. The first-order valence-electron chi connectivity index (χ1n) is 8.18. The third-order valence-corrected chi connectivity index (χ3v) is 4.51. The maximum absolute atomic E-state index is 11.7. The van der Waals surface area contributed by atoms with Gasteiger partial charge in [0.15, 0.2) is 5.82 Å². The lowest BCUT2D eigenvalue weighted by Gasteiger charge is -2.31. The third-order valence-electron chi connectivity index (χ3n) is 4.51. The molecule has 2 aliphatic heterocycles. The molecule has 0 unspecified atom stereocenters. The number of hydrogen-bond acceptors (Lipinski definition) is 6. The first-order valence-corrected chi connectivity index (χ1v) is 8.18. The molecule has 126 valence electrons. The maximum atomic E-state index is 11.7. The van der Waals surface area contributed by atoms with Gasteiger partial charge in [-0.25, -0.2) is 9.78 Å². The van der Waals surface area contributed by atoms with Gasteiger partial charge in [0.05, 0.1) is 31.2 Å². The molecule has 0 radical (unpaired) electrons. The van der Waals surface area contributed by atoms with Gasteiger partial charge in [-0.3, -0.25) is 9.88 Å². The number of ether oxygens (including phenoxy) is 2. The molecular formula is C16H24N4O3. The van der Waals surface area contributed by atoms with E-state index in [4.69, 9.17) is 9.47 Å². The van der Waals surface area contributed by atoms with E-state index in [1.54, 1.807) is 19.5 Å². The van der Waals surface area contributed by atoms with Crippen LogP contribution in [0.4, 0.5) is 10.6 Å². The van der Waals surface area contributed by atoms with Crippen molar-refractivity contribution in [2.45, 2.75) is 31.8 Å². The summed E-state index contributed by atoms with van der Waals surface area (Å²) in [4.78, 5) is 24.6. The summed E-state index contributed by atoms with van der Waals surface area (Å²) in [5, 5.41) is 0. The van der Waals surface area contributed by atoms with Crippen LogP contribution < -0.4 is 4.90 Å². The highest BCUT2D eigenvalue weighted by atomic mass is 16.6. The van der Waals surface area contributed by atoms with E-state index < -0.39 is 0 Å². The molecule has 1 aromatic rings. The van der Waals surface area contributed by atoms with Crippen molar-refractivity contribution in [3.8, 4) is 0 Å². The molecule has 7 heteroatoms. The van der Waals surface area contributed by atoms with Gasteiger partial charge in [0.25, 0.3) is 0 Å². The van der Waals surface area contributed by atoms with Gasteiger partial charge >= 0.3 is 6.09 Å². The Morgan fingerprint density at radius 2 is 2.09 bits per heavy atom. The van der Waals surface area contributed by atoms with E-state index in [9.17, 15) is 4.79 Å². The largest absolute Gasteiger partial charge is 0.444 e. The number of methoxy groups -OCH3 is 1. The van der Waals surface area contributed by atoms with E-state index in [-0.39, 0.29) is 12.2 Å². The van der Waals surface area contributed by atoms with Crippen LogP contribution in [0.15, 0.2) is 12.4 Å². The van der Waals surface area contributed by atoms with E-state index in [1.807, 2.05) is 6.92 Å². The molecule has 1 atom stereocenters. The highest BCUT2D eigenvalue weighted by Crippen LogP contribution is 2.27. The molecule has 2 aliphatic rings. The molecule has 0 aromatic carbocycles. The number of hydrogen-bond donors (Lipinski definition) is 0. The summed E-state index contributed by atoms with van der Waals surface area (Å²) in [6.45, 7) is 6.30. The highest BCUT2D eigenvalue weighted by Gasteiger charge is 2.30. The minimum absolute atomic E-state index is 0.0968. The molecule has 0 bridgehead atoms. The lowest BCUT2D eigenvalue weighted by molar-refractivity contribution is 0.130. The van der Waals surface area contributed by atoms with Gasteiger partial charge < -0.3 is 14.4 Å². The summed E-state index contributed by atoms with van der Waals surface area (Å²) >= 11 is 0. The van der Waals surface area contributed by atoms with Gasteiger partial charge in [0.1, 0.15) is 6.10 Å². The Hall–Kier alpha value is -1.73. The second-order valence-electron chi connectivity index (χ2n) is 6.21. The molecule has 0 spiro atoms. The average molecular weight is 320 g/mol. The molecule has 0 N–H and O–H groups in total. The molecule has 3 heterocycles. The molecule has 1 amide bonds. The highest BCUT2D eigenvalue weighted by molar-refractivity contribution is 5.88. The SMILES string of the molecule is COCCN1CCC(c2cnc(N3C[C@H](C)OC3=O)cn2)CC1. The van der Waals surface area contributed by atoms with Gasteiger partial charge in [0.2, 0.25) is 0 Å². The quantitative estimate of drug-likeness (QED) is 0.822. The molecule has 2 saturated heterocycles. The van der Waals surface area contributed by atoms with Crippen LogP contribution >= 0.6 is 0 Å². The van der Waals surface area contributed by atoms with Crippen molar-refractivity contribution < 1.29 is 14.3 Å². The van der Waals surface area contributed by atoms with Crippen LogP contribution in [0, 0.1) is 0 Å². The zero-order chi connectivity index (χ0) is 16.2. The second-order valence-corrected chi connectivity index (χ2v) is 6.21. The van der Waals surface area contributed by atoms with Crippen molar-refractivity contribution in [3.63, 3.8) is 0 Å². The first kappa shape index (κ1) is 16.1. The minimum Gasteiger partial charge on any atom is -0.444 e. The summed E-state index contributed by atoms with van der Waals surface area (Å²) in [5.41, 5.74) is 1.01. The number of likely N-dealkylation sites (tertiary alicyclic amines) is 1. The predicted octanol–water partition coefficient (Wildman–Crippen LogP) is 1.65. The van der Waals surface area contributed by atoms with Crippen LogP contribution in [-0.4, -0.2) is 67.0 Å². The molecule has 2 fully saturated rings. The van der Waals surface area contributed by atoms with E-state index in [1.165, 1.54) is 4.90 Å². The van der Waals surface area contributed by atoms with Crippen LogP contribution in [0.2, 0.25) is 0 Å². The fourth-order valence-corrected chi connectivity index (χ4v) is 3.15. The van der Waals surface area contributed by atoms with Crippen molar-refractivity contribution in [2.75, 3.05) is 44.8 Å². The van der Waals surface area contributed by atoms with Crippen molar-refractivity contribution in [2.24, 2.45) is 0 Å². The first-order chi connectivity index (χ1) is 11.2. The van der Waals surface area contributed by atoms with Crippen molar-refractivity contribution in [1.82, 2.24) is 14.9 Å². The van der Waals surface area contributed by atoms with Crippen LogP contribution in [-0.2, 0) is 9.47 Å². The zero-order valence-corrected chi connectivity index (χ0v) is 13.8. The third kappa shape index (κ3) is 3.79. The topological polar surface area (TPSA) is 67.8 Å². The fourth-order valence-electron chi connectivity index (χ4n) is 3.15. The molecular weight excluding hydrogens is 296 g/mol. The summed E-state index contributed by atoms with van der Waals surface area (Å²) in [6, 6.07) is 0. The number of aromatic nitrogens is 2. The zero-order valence-electron chi connectivity index (χ0n) is 13.8. The number of anilines is 1. The van der Waals surface area contributed by atoms with Gasteiger partial charge in [-0.2, -0.15) is 0 Å². The van der Waals surface area contributed by atoms with Crippen LogP contribution in [0.5, 0.6) is 0 Å². The van der Waals surface area contributed by atoms with Crippen LogP contribution in [0.3, 0.4) is 0 Å². The van der Waals surface area contributed by atoms with Crippen molar-refractivity contribution >= 4 is 11.9 Å². The number of carbonyl (C=O) groups excluding carboxylic acids is 1. The molecule has 3 rings (SSSR count). The lowest BCUT2D eigenvalue weighted by Crippen LogP contribution is -2.35. The minimum atomic E-state index is -0.342. The number of nitrogens with zero attached hydrogens (tertiary/aromatic N) is 4. The monoisotopic (exact) mass is 320 g/mol. The summed E-state index contributed by atoms with van der Waals surface area (Å²) in [5.74, 6) is 1.01. The van der Waals surface area contributed by atoms with Gasteiger partial charge in [-0.15, -0.1) is 0 Å². The Morgan fingerprint density at radius 3 is 2.65 bits per heavy atom. The molecule has 7 nitrogen and oxygen atoms in total. The Bertz CT molecular complexity index is 529. The maximum Gasteiger partial charge on any atom is 0.415 e. The van der Waals surface area contributed by atoms with Gasteiger partial charge in [-0.05, 0) is 32.9 Å². The number of amides is 1.